The normalized spacial score (nSPS) is 22.7. The van der Waals surface area contributed by atoms with E-state index >= 15 is 0 Å². The molecule has 3 rings (SSSR count). The molecule has 0 aromatic carbocycles. The van der Waals surface area contributed by atoms with Crippen LogP contribution in [0.25, 0.3) is 5.65 Å². The molecule has 1 fully saturated rings. The van der Waals surface area contributed by atoms with Crippen molar-refractivity contribution in [2.75, 3.05) is 13.1 Å². The Kier molecular flexibility index (Phi) is 3.53. The monoisotopic (exact) mass is 258 g/mol. The maximum absolute atomic E-state index is 6.04. The number of imidazole rings is 1. The van der Waals surface area contributed by atoms with Gasteiger partial charge in [0.2, 0.25) is 0 Å². The van der Waals surface area contributed by atoms with Gasteiger partial charge in [-0.25, -0.2) is 4.98 Å². The summed E-state index contributed by atoms with van der Waals surface area (Å²) in [6.07, 6.45) is 6.69. The van der Waals surface area contributed by atoms with E-state index in [4.69, 9.17) is 5.73 Å². The van der Waals surface area contributed by atoms with E-state index in [-0.39, 0.29) is 0 Å². The number of pyridine rings is 1. The molecule has 2 atom stereocenters. The molecule has 0 bridgehead atoms. The molecule has 2 unspecified atom stereocenters. The molecule has 0 amide bonds. The number of aromatic nitrogens is 2. The van der Waals surface area contributed by atoms with E-state index in [1.165, 1.54) is 12.8 Å². The van der Waals surface area contributed by atoms with Crippen molar-refractivity contribution in [1.82, 2.24) is 14.3 Å². The van der Waals surface area contributed by atoms with Crippen LogP contribution in [-0.4, -0.2) is 33.4 Å². The summed E-state index contributed by atoms with van der Waals surface area (Å²) >= 11 is 0. The Bertz CT molecular complexity index is 513. The number of hydrogen-bond donors (Lipinski definition) is 1. The zero-order valence-electron chi connectivity index (χ0n) is 11.5. The first-order chi connectivity index (χ1) is 9.22. The van der Waals surface area contributed by atoms with Crippen molar-refractivity contribution in [3.63, 3.8) is 0 Å². The van der Waals surface area contributed by atoms with E-state index in [1.54, 1.807) is 0 Å². The molecule has 0 radical (unpaired) electrons. The zero-order chi connectivity index (χ0) is 13.2. The maximum Gasteiger partial charge on any atom is 0.137 e. The van der Waals surface area contributed by atoms with Crippen LogP contribution in [0.5, 0.6) is 0 Å². The lowest BCUT2D eigenvalue weighted by Crippen LogP contribution is -2.41. The van der Waals surface area contributed by atoms with Gasteiger partial charge in [0.05, 0.1) is 5.69 Å². The summed E-state index contributed by atoms with van der Waals surface area (Å²) in [5.74, 6) is 0.630. The number of piperidine rings is 1. The molecule has 0 spiro atoms. The van der Waals surface area contributed by atoms with Crippen molar-refractivity contribution in [1.29, 1.82) is 0 Å². The third-order valence-electron chi connectivity index (χ3n) is 4.09. The highest BCUT2D eigenvalue weighted by Gasteiger charge is 2.23. The summed E-state index contributed by atoms with van der Waals surface area (Å²) in [5, 5.41) is 0. The van der Waals surface area contributed by atoms with Crippen molar-refractivity contribution < 1.29 is 0 Å². The molecule has 0 saturated carbocycles. The van der Waals surface area contributed by atoms with E-state index < -0.39 is 0 Å². The second kappa shape index (κ2) is 5.31. The lowest BCUT2D eigenvalue weighted by Gasteiger charge is -2.34. The van der Waals surface area contributed by atoms with Gasteiger partial charge in [0, 0.05) is 31.5 Å². The lowest BCUT2D eigenvalue weighted by atomic mass is 9.92. The van der Waals surface area contributed by atoms with Crippen LogP contribution in [0.4, 0.5) is 0 Å². The molecule has 102 valence electrons. The highest BCUT2D eigenvalue weighted by molar-refractivity contribution is 5.39. The molecular weight excluding hydrogens is 236 g/mol. The summed E-state index contributed by atoms with van der Waals surface area (Å²) in [4.78, 5) is 7.15. The molecule has 2 aromatic heterocycles. The number of rotatable bonds is 3. The fourth-order valence-corrected chi connectivity index (χ4v) is 2.96. The third-order valence-corrected chi connectivity index (χ3v) is 4.09. The fraction of sp³-hybridized carbons (Fsp3) is 0.533. The predicted molar refractivity (Wildman–Crippen MR) is 76.8 cm³/mol. The minimum atomic E-state index is 0.295. The highest BCUT2D eigenvalue weighted by Crippen LogP contribution is 2.20. The largest absolute Gasteiger partial charge is 0.328 e. The summed E-state index contributed by atoms with van der Waals surface area (Å²) < 4.78 is 2.09. The van der Waals surface area contributed by atoms with Crippen LogP contribution in [0.2, 0.25) is 0 Å². The van der Waals surface area contributed by atoms with Gasteiger partial charge in [-0.15, -0.1) is 0 Å². The molecule has 19 heavy (non-hydrogen) atoms. The Morgan fingerprint density at radius 1 is 1.47 bits per heavy atom. The van der Waals surface area contributed by atoms with Crippen LogP contribution < -0.4 is 5.73 Å². The van der Waals surface area contributed by atoms with Crippen molar-refractivity contribution >= 4 is 5.65 Å². The van der Waals surface area contributed by atoms with Crippen molar-refractivity contribution in [3.8, 4) is 0 Å². The summed E-state index contributed by atoms with van der Waals surface area (Å²) in [7, 11) is 0. The molecule has 2 N–H and O–H groups in total. The van der Waals surface area contributed by atoms with E-state index in [1.807, 2.05) is 24.4 Å². The standard InChI is InChI=1S/C15H22N4/c1-12(16)13-5-4-7-18(9-13)10-14-11-19-8-3-2-6-15(19)17-14/h2-3,6,8,11-13H,4-5,7,9-10,16H2,1H3. The van der Waals surface area contributed by atoms with Crippen LogP contribution in [0, 0.1) is 5.92 Å². The average molecular weight is 258 g/mol. The molecule has 4 nitrogen and oxygen atoms in total. The minimum Gasteiger partial charge on any atom is -0.328 e. The Labute approximate surface area is 114 Å². The lowest BCUT2D eigenvalue weighted by molar-refractivity contribution is 0.153. The quantitative estimate of drug-likeness (QED) is 0.914. The van der Waals surface area contributed by atoms with Crippen molar-refractivity contribution in [3.05, 3.63) is 36.3 Å². The van der Waals surface area contributed by atoms with E-state index in [0.29, 0.717) is 12.0 Å². The van der Waals surface area contributed by atoms with Gasteiger partial charge >= 0.3 is 0 Å². The van der Waals surface area contributed by atoms with Gasteiger partial charge in [-0.2, -0.15) is 0 Å². The van der Waals surface area contributed by atoms with Gasteiger partial charge in [0.1, 0.15) is 5.65 Å². The first-order valence-corrected chi connectivity index (χ1v) is 7.13. The van der Waals surface area contributed by atoms with Crippen LogP contribution >= 0.6 is 0 Å². The highest BCUT2D eigenvalue weighted by atomic mass is 15.1. The maximum atomic E-state index is 6.04. The summed E-state index contributed by atoms with van der Waals surface area (Å²) in [5.41, 5.74) is 8.21. The summed E-state index contributed by atoms with van der Waals surface area (Å²) in [6, 6.07) is 6.40. The average Bonchev–Trinajstić information content (AvgIpc) is 2.81. The Balaban J connectivity index is 1.70. The molecule has 2 aromatic rings. The van der Waals surface area contributed by atoms with Gasteiger partial charge in [-0.05, 0) is 44.4 Å². The van der Waals surface area contributed by atoms with Crippen LogP contribution in [0.1, 0.15) is 25.5 Å². The first kappa shape index (κ1) is 12.6. The molecule has 4 heteroatoms. The number of nitrogens with two attached hydrogens (primary N) is 1. The number of fused-ring (bicyclic) bond motifs is 1. The topological polar surface area (TPSA) is 46.6 Å². The van der Waals surface area contributed by atoms with E-state index in [2.05, 4.69) is 27.4 Å². The Morgan fingerprint density at radius 2 is 2.37 bits per heavy atom. The molecule has 1 aliphatic heterocycles. The van der Waals surface area contributed by atoms with Gasteiger partial charge < -0.3 is 10.1 Å². The number of likely N-dealkylation sites (tertiary alicyclic amines) is 1. The summed E-state index contributed by atoms with van der Waals surface area (Å²) in [6.45, 7) is 5.33. The predicted octanol–water partition coefficient (Wildman–Crippen LogP) is 1.89. The van der Waals surface area contributed by atoms with E-state index in [9.17, 15) is 0 Å². The van der Waals surface area contributed by atoms with Crippen LogP contribution in [0.15, 0.2) is 30.6 Å². The van der Waals surface area contributed by atoms with Crippen LogP contribution in [0.3, 0.4) is 0 Å². The molecule has 0 aliphatic carbocycles. The smallest absolute Gasteiger partial charge is 0.137 e. The van der Waals surface area contributed by atoms with Gasteiger partial charge in [0.25, 0.3) is 0 Å². The van der Waals surface area contributed by atoms with Gasteiger partial charge in [0.15, 0.2) is 0 Å². The Hall–Kier alpha value is -1.39. The van der Waals surface area contributed by atoms with Crippen LogP contribution in [-0.2, 0) is 6.54 Å². The molecule has 3 heterocycles. The SMILES string of the molecule is CC(N)C1CCCN(Cc2cn3ccccc3n2)C1. The van der Waals surface area contributed by atoms with Crippen molar-refractivity contribution in [2.45, 2.75) is 32.4 Å². The van der Waals surface area contributed by atoms with Gasteiger partial charge in [-0.1, -0.05) is 6.07 Å². The molecular formula is C15H22N4. The first-order valence-electron chi connectivity index (χ1n) is 7.13. The van der Waals surface area contributed by atoms with E-state index in [0.717, 1.165) is 31.0 Å². The minimum absolute atomic E-state index is 0.295. The zero-order valence-corrected chi connectivity index (χ0v) is 11.5. The third kappa shape index (κ3) is 2.80. The number of hydrogen-bond acceptors (Lipinski definition) is 3. The second-order valence-corrected chi connectivity index (χ2v) is 5.69. The Morgan fingerprint density at radius 3 is 3.16 bits per heavy atom. The van der Waals surface area contributed by atoms with Gasteiger partial charge in [-0.3, -0.25) is 4.90 Å². The molecule has 1 aliphatic rings. The van der Waals surface area contributed by atoms with Crippen molar-refractivity contribution in [2.24, 2.45) is 11.7 Å². The number of nitrogens with zero attached hydrogens (tertiary/aromatic N) is 3. The second-order valence-electron chi connectivity index (χ2n) is 5.69. The fourth-order valence-electron chi connectivity index (χ4n) is 2.96. The molecule has 1 saturated heterocycles.